The summed E-state index contributed by atoms with van der Waals surface area (Å²) in [5.74, 6) is 5.61. The van der Waals surface area contributed by atoms with Gasteiger partial charge >= 0.3 is 0 Å². The van der Waals surface area contributed by atoms with Crippen molar-refractivity contribution in [3.63, 3.8) is 0 Å². The van der Waals surface area contributed by atoms with E-state index in [2.05, 4.69) is 47.9 Å². The molecule has 1 saturated heterocycles. The monoisotopic (exact) mass is 304 g/mol. The predicted molar refractivity (Wildman–Crippen MR) is 93.3 cm³/mol. The lowest BCUT2D eigenvalue weighted by molar-refractivity contribution is -0.125. The Balaban J connectivity index is 1.60. The number of amides is 1. The molecule has 1 aliphatic heterocycles. The van der Waals surface area contributed by atoms with Crippen molar-refractivity contribution in [1.29, 1.82) is 0 Å². The zero-order valence-corrected chi connectivity index (χ0v) is 13.3. The van der Waals surface area contributed by atoms with E-state index in [1.54, 1.807) is 0 Å². The first-order valence-electron chi connectivity index (χ1n) is 7.90. The van der Waals surface area contributed by atoms with Gasteiger partial charge in [0.15, 0.2) is 0 Å². The third kappa shape index (κ3) is 3.73. The van der Waals surface area contributed by atoms with E-state index < -0.39 is 0 Å². The molecule has 0 bridgehead atoms. The molecule has 1 fully saturated rings. The molecule has 3 rings (SSSR count). The number of rotatable bonds is 1. The summed E-state index contributed by atoms with van der Waals surface area (Å²) in [7, 11) is 0. The van der Waals surface area contributed by atoms with Gasteiger partial charge in [0.25, 0.3) is 5.91 Å². The maximum atomic E-state index is 12.2. The maximum Gasteiger partial charge on any atom is 0.298 e. The zero-order valence-electron chi connectivity index (χ0n) is 13.3. The van der Waals surface area contributed by atoms with Gasteiger partial charge in [-0.05, 0) is 30.7 Å². The van der Waals surface area contributed by atoms with Crippen LogP contribution in [0.2, 0.25) is 0 Å². The Labute approximate surface area is 137 Å². The van der Waals surface area contributed by atoms with E-state index in [0.29, 0.717) is 0 Å². The molecular formula is C20H20N2O. The van der Waals surface area contributed by atoms with E-state index in [0.717, 1.165) is 31.7 Å². The SMILES string of the molecule is Cc1ccccc1N1CCN(C(=O)C#Cc2ccccc2)CC1. The van der Waals surface area contributed by atoms with Gasteiger partial charge in [0.1, 0.15) is 0 Å². The number of anilines is 1. The molecule has 0 atom stereocenters. The number of carbonyl (C=O) groups is 1. The number of aryl methyl sites for hydroxylation is 1. The largest absolute Gasteiger partial charge is 0.368 e. The molecular weight excluding hydrogens is 284 g/mol. The topological polar surface area (TPSA) is 23.6 Å². The van der Waals surface area contributed by atoms with Gasteiger partial charge in [0.05, 0.1) is 0 Å². The van der Waals surface area contributed by atoms with Crippen LogP contribution >= 0.6 is 0 Å². The molecule has 0 N–H and O–H groups in total. The van der Waals surface area contributed by atoms with E-state index in [-0.39, 0.29) is 5.91 Å². The van der Waals surface area contributed by atoms with Crippen molar-refractivity contribution in [3.05, 3.63) is 65.7 Å². The minimum absolute atomic E-state index is 0.0849. The summed E-state index contributed by atoms with van der Waals surface area (Å²) < 4.78 is 0. The summed E-state index contributed by atoms with van der Waals surface area (Å²) in [4.78, 5) is 16.4. The maximum absolute atomic E-state index is 12.2. The second-order valence-corrected chi connectivity index (χ2v) is 5.68. The van der Waals surface area contributed by atoms with E-state index in [9.17, 15) is 4.79 Å². The molecule has 2 aromatic carbocycles. The molecule has 1 heterocycles. The fourth-order valence-electron chi connectivity index (χ4n) is 2.79. The minimum atomic E-state index is -0.0849. The predicted octanol–water partition coefficient (Wildman–Crippen LogP) is 2.70. The average molecular weight is 304 g/mol. The molecule has 116 valence electrons. The highest BCUT2D eigenvalue weighted by Gasteiger charge is 2.20. The van der Waals surface area contributed by atoms with Crippen molar-refractivity contribution in [2.24, 2.45) is 0 Å². The fourth-order valence-corrected chi connectivity index (χ4v) is 2.79. The van der Waals surface area contributed by atoms with Gasteiger partial charge in [-0.25, -0.2) is 0 Å². The summed E-state index contributed by atoms with van der Waals surface area (Å²) in [5.41, 5.74) is 3.41. The molecule has 2 aromatic rings. The Bertz CT molecular complexity index is 735. The number of nitrogens with zero attached hydrogens (tertiary/aromatic N) is 2. The zero-order chi connectivity index (χ0) is 16.1. The number of carbonyl (C=O) groups excluding carboxylic acids is 1. The lowest BCUT2D eigenvalue weighted by Crippen LogP contribution is -2.48. The quantitative estimate of drug-likeness (QED) is 0.756. The Morgan fingerprint density at radius 3 is 2.26 bits per heavy atom. The van der Waals surface area contributed by atoms with Gasteiger partial charge in [-0.1, -0.05) is 42.3 Å². The lowest BCUT2D eigenvalue weighted by atomic mass is 10.1. The number of piperazine rings is 1. The van der Waals surface area contributed by atoms with Crippen LogP contribution in [0.15, 0.2) is 54.6 Å². The molecule has 0 unspecified atom stereocenters. The first-order chi connectivity index (χ1) is 11.2. The molecule has 0 spiro atoms. The highest BCUT2D eigenvalue weighted by molar-refractivity contribution is 5.94. The standard InChI is InChI=1S/C20H20N2O/c1-17-7-5-6-10-19(17)21-13-15-22(16-14-21)20(23)12-11-18-8-3-2-4-9-18/h2-10H,13-16H2,1H3. The van der Waals surface area contributed by atoms with Gasteiger partial charge in [0, 0.05) is 43.4 Å². The van der Waals surface area contributed by atoms with Crippen molar-refractivity contribution < 1.29 is 4.79 Å². The third-order valence-electron chi connectivity index (χ3n) is 4.11. The number of hydrogen-bond donors (Lipinski definition) is 0. The Hall–Kier alpha value is -2.73. The average Bonchev–Trinajstić information content (AvgIpc) is 2.61. The third-order valence-corrected chi connectivity index (χ3v) is 4.11. The van der Waals surface area contributed by atoms with Crippen LogP contribution in [-0.4, -0.2) is 37.0 Å². The molecule has 3 heteroatoms. The molecule has 0 saturated carbocycles. The second kappa shape index (κ2) is 7.02. The summed E-state index contributed by atoms with van der Waals surface area (Å²) in [6.07, 6.45) is 0. The highest BCUT2D eigenvalue weighted by Crippen LogP contribution is 2.20. The van der Waals surface area contributed by atoms with Crippen LogP contribution in [0.3, 0.4) is 0 Å². The minimum Gasteiger partial charge on any atom is -0.368 e. The fraction of sp³-hybridized carbons (Fsp3) is 0.250. The van der Waals surface area contributed by atoms with Crippen LogP contribution in [0.5, 0.6) is 0 Å². The lowest BCUT2D eigenvalue weighted by Gasteiger charge is -2.36. The van der Waals surface area contributed by atoms with Crippen molar-refractivity contribution >= 4 is 11.6 Å². The molecule has 0 aromatic heterocycles. The highest BCUT2D eigenvalue weighted by atomic mass is 16.2. The van der Waals surface area contributed by atoms with Crippen LogP contribution in [0, 0.1) is 18.8 Å². The summed E-state index contributed by atoms with van der Waals surface area (Å²) in [6.45, 7) is 5.26. The van der Waals surface area contributed by atoms with E-state index in [1.807, 2.05) is 35.2 Å². The first kappa shape index (κ1) is 15.2. The van der Waals surface area contributed by atoms with Crippen molar-refractivity contribution in [2.45, 2.75) is 6.92 Å². The summed E-state index contributed by atoms with van der Waals surface area (Å²) >= 11 is 0. The Morgan fingerprint density at radius 1 is 0.913 bits per heavy atom. The van der Waals surface area contributed by atoms with Crippen LogP contribution in [0.4, 0.5) is 5.69 Å². The second-order valence-electron chi connectivity index (χ2n) is 5.68. The Kier molecular flexibility index (Phi) is 4.63. The summed E-state index contributed by atoms with van der Waals surface area (Å²) in [6, 6.07) is 18.0. The van der Waals surface area contributed by atoms with Gasteiger partial charge in [-0.3, -0.25) is 4.79 Å². The first-order valence-corrected chi connectivity index (χ1v) is 7.90. The van der Waals surface area contributed by atoms with Crippen molar-refractivity contribution in [2.75, 3.05) is 31.1 Å². The Morgan fingerprint density at radius 2 is 1.57 bits per heavy atom. The van der Waals surface area contributed by atoms with E-state index in [4.69, 9.17) is 0 Å². The molecule has 0 radical (unpaired) electrons. The van der Waals surface area contributed by atoms with Crippen LogP contribution in [0.25, 0.3) is 0 Å². The van der Waals surface area contributed by atoms with Crippen LogP contribution in [-0.2, 0) is 4.79 Å². The molecule has 3 nitrogen and oxygen atoms in total. The smallest absolute Gasteiger partial charge is 0.298 e. The van der Waals surface area contributed by atoms with Gasteiger partial charge in [-0.2, -0.15) is 0 Å². The van der Waals surface area contributed by atoms with Crippen LogP contribution < -0.4 is 4.90 Å². The van der Waals surface area contributed by atoms with Crippen molar-refractivity contribution in [1.82, 2.24) is 4.90 Å². The molecule has 1 aliphatic rings. The molecule has 0 aliphatic carbocycles. The van der Waals surface area contributed by atoms with Gasteiger partial charge in [-0.15, -0.1) is 0 Å². The molecule has 23 heavy (non-hydrogen) atoms. The van der Waals surface area contributed by atoms with Gasteiger partial charge < -0.3 is 9.80 Å². The normalized spacial score (nSPS) is 14.1. The number of benzene rings is 2. The van der Waals surface area contributed by atoms with E-state index in [1.165, 1.54) is 11.3 Å². The van der Waals surface area contributed by atoms with Crippen molar-refractivity contribution in [3.8, 4) is 11.8 Å². The van der Waals surface area contributed by atoms with Crippen LogP contribution in [0.1, 0.15) is 11.1 Å². The number of hydrogen-bond acceptors (Lipinski definition) is 2. The van der Waals surface area contributed by atoms with E-state index >= 15 is 0 Å². The summed E-state index contributed by atoms with van der Waals surface area (Å²) in [5, 5.41) is 0. The van der Waals surface area contributed by atoms with Gasteiger partial charge in [0.2, 0.25) is 0 Å². The number of para-hydroxylation sites is 1. The molecule has 1 amide bonds.